The number of esters is 2. The van der Waals surface area contributed by atoms with Gasteiger partial charge >= 0.3 is 11.9 Å². The molecule has 0 saturated carbocycles. The van der Waals surface area contributed by atoms with Crippen LogP contribution in [-0.4, -0.2) is 23.3 Å². The van der Waals surface area contributed by atoms with E-state index in [0.29, 0.717) is 5.75 Å². The lowest BCUT2D eigenvalue weighted by Gasteiger charge is -2.32. The summed E-state index contributed by atoms with van der Waals surface area (Å²) in [6, 6.07) is 7.34. The van der Waals surface area contributed by atoms with E-state index in [2.05, 4.69) is 0 Å². The minimum absolute atomic E-state index is 0.231. The molecule has 1 aromatic carbocycles. The number of rotatable bonds is 3. The first kappa shape index (κ1) is 16.3. The lowest BCUT2D eigenvalue weighted by Crippen LogP contribution is -2.46. The Bertz CT molecular complexity index is 563. The van der Waals surface area contributed by atoms with Crippen LogP contribution in [0.4, 0.5) is 0 Å². The zero-order valence-corrected chi connectivity index (χ0v) is 13.6. The van der Waals surface area contributed by atoms with Crippen LogP contribution in [-0.2, 0) is 25.5 Å². The van der Waals surface area contributed by atoms with E-state index in [4.69, 9.17) is 14.2 Å². The molecule has 0 radical (unpaired) electrons. The summed E-state index contributed by atoms with van der Waals surface area (Å²) in [5.41, 5.74) is 0.506. The Morgan fingerprint density at radius 1 is 1.14 bits per heavy atom. The van der Waals surface area contributed by atoms with E-state index >= 15 is 0 Å². The standard InChI is InChI=1S/C17H22O5/c1-16(2,3)20-12-8-6-7-11(9-12)10-13-14(18)21-17(4,5)22-15(13)19/h6-9,13H,10H2,1-5H3. The highest BCUT2D eigenvalue weighted by molar-refractivity contribution is 5.96. The summed E-state index contributed by atoms with van der Waals surface area (Å²) in [4.78, 5) is 24.0. The Morgan fingerprint density at radius 3 is 2.27 bits per heavy atom. The van der Waals surface area contributed by atoms with Gasteiger partial charge in [-0.3, -0.25) is 9.59 Å². The van der Waals surface area contributed by atoms with Crippen molar-refractivity contribution < 1.29 is 23.8 Å². The third-order valence-corrected chi connectivity index (χ3v) is 3.02. The van der Waals surface area contributed by atoms with Crippen molar-refractivity contribution in [2.75, 3.05) is 0 Å². The average Bonchev–Trinajstić information content (AvgIpc) is 2.31. The van der Waals surface area contributed by atoms with Crippen molar-refractivity contribution in [3.05, 3.63) is 29.8 Å². The molecule has 1 heterocycles. The van der Waals surface area contributed by atoms with Gasteiger partial charge in [-0.2, -0.15) is 0 Å². The number of hydrogen-bond donors (Lipinski definition) is 0. The first-order chi connectivity index (χ1) is 10.1. The molecule has 5 heteroatoms. The van der Waals surface area contributed by atoms with Gasteiger partial charge in [0.1, 0.15) is 11.4 Å². The zero-order valence-electron chi connectivity index (χ0n) is 13.6. The van der Waals surface area contributed by atoms with Crippen molar-refractivity contribution in [1.29, 1.82) is 0 Å². The molecule has 1 aromatic rings. The van der Waals surface area contributed by atoms with Crippen LogP contribution >= 0.6 is 0 Å². The van der Waals surface area contributed by atoms with Gasteiger partial charge in [0.05, 0.1) is 0 Å². The molecule has 0 bridgehead atoms. The summed E-state index contributed by atoms with van der Waals surface area (Å²) in [5, 5.41) is 0. The third-order valence-electron chi connectivity index (χ3n) is 3.02. The summed E-state index contributed by atoms with van der Waals surface area (Å²) >= 11 is 0. The highest BCUT2D eigenvalue weighted by atomic mass is 16.7. The SMILES string of the molecule is CC(C)(C)Oc1cccc(CC2C(=O)OC(C)(C)OC2=O)c1. The first-order valence-electron chi connectivity index (χ1n) is 7.29. The van der Waals surface area contributed by atoms with Crippen molar-refractivity contribution in [2.24, 2.45) is 5.92 Å². The Hall–Kier alpha value is -2.04. The molecule has 0 N–H and O–H groups in total. The molecule has 0 aromatic heterocycles. The lowest BCUT2D eigenvalue weighted by molar-refractivity contribution is -0.239. The molecule has 0 unspecified atom stereocenters. The van der Waals surface area contributed by atoms with Crippen LogP contribution in [0.1, 0.15) is 40.2 Å². The average molecular weight is 306 g/mol. The molecule has 0 spiro atoms. The predicted molar refractivity (Wildman–Crippen MR) is 80.3 cm³/mol. The topological polar surface area (TPSA) is 61.8 Å². The molecule has 1 fully saturated rings. The van der Waals surface area contributed by atoms with Crippen LogP contribution in [0, 0.1) is 5.92 Å². The molecule has 1 aliphatic heterocycles. The van der Waals surface area contributed by atoms with Crippen LogP contribution in [0.25, 0.3) is 0 Å². The Balaban J connectivity index is 2.12. The normalized spacial score (nSPS) is 18.6. The summed E-state index contributed by atoms with van der Waals surface area (Å²) in [7, 11) is 0. The summed E-state index contributed by atoms with van der Waals surface area (Å²) < 4.78 is 16.0. The van der Waals surface area contributed by atoms with E-state index in [-0.39, 0.29) is 12.0 Å². The Morgan fingerprint density at radius 2 is 1.73 bits per heavy atom. The molecule has 2 rings (SSSR count). The maximum absolute atomic E-state index is 12.0. The molecular weight excluding hydrogens is 284 g/mol. The van der Waals surface area contributed by atoms with Crippen LogP contribution in [0.3, 0.4) is 0 Å². The maximum atomic E-state index is 12.0. The van der Waals surface area contributed by atoms with Crippen LogP contribution in [0.2, 0.25) is 0 Å². The van der Waals surface area contributed by atoms with Gasteiger partial charge in [-0.05, 0) is 44.9 Å². The maximum Gasteiger partial charge on any atom is 0.323 e. The van der Waals surface area contributed by atoms with Gasteiger partial charge in [0.15, 0.2) is 5.92 Å². The van der Waals surface area contributed by atoms with E-state index in [1.165, 1.54) is 13.8 Å². The van der Waals surface area contributed by atoms with Gasteiger partial charge in [-0.15, -0.1) is 0 Å². The fraction of sp³-hybridized carbons (Fsp3) is 0.529. The fourth-order valence-electron chi connectivity index (χ4n) is 2.24. The largest absolute Gasteiger partial charge is 0.488 e. The molecule has 5 nitrogen and oxygen atoms in total. The fourth-order valence-corrected chi connectivity index (χ4v) is 2.24. The molecular formula is C17H22O5. The Labute approximate surface area is 130 Å². The van der Waals surface area contributed by atoms with Crippen molar-refractivity contribution in [1.82, 2.24) is 0 Å². The van der Waals surface area contributed by atoms with E-state index in [0.717, 1.165) is 5.56 Å². The highest BCUT2D eigenvalue weighted by Crippen LogP contribution is 2.27. The Kier molecular flexibility index (Phi) is 4.18. The highest BCUT2D eigenvalue weighted by Gasteiger charge is 2.43. The molecule has 120 valence electrons. The van der Waals surface area contributed by atoms with Crippen molar-refractivity contribution in [2.45, 2.75) is 52.4 Å². The van der Waals surface area contributed by atoms with Gasteiger partial charge in [0.25, 0.3) is 5.79 Å². The molecule has 22 heavy (non-hydrogen) atoms. The van der Waals surface area contributed by atoms with Crippen molar-refractivity contribution >= 4 is 11.9 Å². The second-order valence-corrected chi connectivity index (χ2v) is 6.86. The van der Waals surface area contributed by atoms with Crippen LogP contribution < -0.4 is 4.74 Å². The van der Waals surface area contributed by atoms with Gasteiger partial charge in [0.2, 0.25) is 0 Å². The lowest BCUT2D eigenvalue weighted by atomic mass is 9.98. The van der Waals surface area contributed by atoms with Crippen molar-refractivity contribution in [3.63, 3.8) is 0 Å². The second-order valence-electron chi connectivity index (χ2n) is 6.86. The summed E-state index contributed by atoms with van der Waals surface area (Å²) in [6.07, 6.45) is 0.231. The number of benzene rings is 1. The smallest absolute Gasteiger partial charge is 0.323 e. The second kappa shape index (κ2) is 5.63. The minimum Gasteiger partial charge on any atom is -0.488 e. The van der Waals surface area contributed by atoms with E-state index in [9.17, 15) is 9.59 Å². The van der Waals surface area contributed by atoms with Crippen LogP contribution in [0.5, 0.6) is 5.75 Å². The molecule has 1 aliphatic rings. The van der Waals surface area contributed by atoms with E-state index in [1.807, 2.05) is 45.0 Å². The monoisotopic (exact) mass is 306 g/mol. The number of carbonyl (C=O) groups is 2. The number of carbonyl (C=O) groups excluding carboxylic acids is 2. The molecule has 0 atom stereocenters. The van der Waals surface area contributed by atoms with Crippen LogP contribution in [0.15, 0.2) is 24.3 Å². The first-order valence-corrected chi connectivity index (χ1v) is 7.29. The van der Waals surface area contributed by atoms with E-state index in [1.54, 1.807) is 0 Å². The molecule has 0 amide bonds. The quantitative estimate of drug-likeness (QED) is 0.635. The third kappa shape index (κ3) is 4.23. The number of hydrogen-bond acceptors (Lipinski definition) is 5. The van der Waals surface area contributed by atoms with Gasteiger partial charge in [-0.25, -0.2) is 0 Å². The number of cyclic esters (lactones) is 2. The van der Waals surface area contributed by atoms with Crippen molar-refractivity contribution in [3.8, 4) is 5.75 Å². The molecule has 1 saturated heterocycles. The zero-order chi connectivity index (χ0) is 16.5. The molecule has 0 aliphatic carbocycles. The number of ether oxygens (including phenoxy) is 3. The predicted octanol–water partition coefficient (Wildman–Crippen LogP) is 2.86. The van der Waals surface area contributed by atoms with Gasteiger partial charge in [-0.1, -0.05) is 12.1 Å². The van der Waals surface area contributed by atoms with Gasteiger partial charge < -0.3 is 14.2 Å². The summed E-state index contributed by atoms with van der Waals surface area (Å²) in [6.45, 7) is 8.94. The van der Waals surface area contributed by atoms with E-state index < -0.39 is 23.6 Å². The van der Waals surface area contributed by atoms with Gasteiger partial charge in [0, 0.05) is 13.8 Å². The minimum atomic E-state index is -1.19. The summed E-state index contributed by atoms with van der Waals surface area (Å²) in [5.74, 6) is -2.53.